The monoisotopic (exact) mass is 134 g/mol. The average Bonchev–Trinajstić information content (AvgIpc) is 2.42. The van der Waals surface area contributed by atoms with E-state index in [2.05, 4.69) is 18.1 Å². The number of fused-ring (bicyclic) bond motifs is 2. The van der Waals surface area contributed by atoms with Crippen LogP contribution >= 0.6 is 0 Å². The Morgan fingerprint density at radius 2 is 2.30 bits per heavy atom. The molecule has 2 aliphatic rings. The van der Waals surface area contributed by atoms with Gasteiger partial charge in [-0.25, -0.2) is 0 Å². The summed E-state index contributed by atoms with van der Waals surface area (Å²) in [5, 5.41) is 9.37. The lowest BCUT2D eigenvalue weighted by Crippen LogP contribution is -2.14. The molecule has 2 bridgehead atoms. The summed E-state index contributed by atoms with van der Waals surface area (Å²) in [6.45, 7) is 0. The zero-order chi connectivity index (χ0) is 7.14. The van der Waals surface area contributed by atoms with Crippen LogP contribution in [0.15, 0.2) is 12.2 Å². The molecule has 1 nitrogen and oxygen atoms in total. The van der Waals surface area contributed by atoms with Gasteiger partial charge in [0, 0.05) is 11.8 Å². The van der Waals surface area contributed by atoms with Crippen LogP contribution in [0.4, 0.5) is 0 Å². The van der Waals surface area contributed by atoms with Gasteiger partial charge in [-0.05, 0) is 12.3 Å². The molecule has 10 heavy (non-hydrogen) atoms. The molecule has 0 amide bonds. The minimum absolute atomic E-state index is 0.170. The highest BCUT2D eigenvalue weighted by Gasteiger charge is 2.42. The lowest BCUT2D eigenvalue weighted by Gasteiger charge is -2.10. The Labute approximate surface area is 60.8 Å². The van der Waals surface area contributed by atoms with Gasteiger partial charge < -0.3 is 5.11 Å². The molecular weight excluding hydrogens is 124 g/mol. The van der Waals surface area contributed by atoms with Crippen LogP contribution < -0.4 is 0 Å². The average molecular weight is 134 g/mol. The molecule has 2 aliphatic carbocycles. The molecule has 0 spiro atoms. The van der Waals surface area contributed by atoms with E-state index in [1.807, 2.05) is 0 Å². The van der Waals surface area contributed by atoms with Gasteiger partial charge in [-0.3, -0.25) is 0 Å². The molecule has 52 valence electrons. The molecule has 1 saturated carbocycles. The van der Waals surface area contributed by atoms with Crippen molar-refractivity contribution in [3.05, 3.63) is 12.2 Å². The molecule has 1 fully saturated rings. The Hall–Kier alpha value is -0.740. The van der Waals surface area contributed by atoms with Crippen molar-refractivity contribution in [3.63, 3.8) is 0 Å². The molecule has 0 heterocycles. The van der Waals surface area contributed by atoms with Crippen molar-refractivity contribution in [2.24, 2.45) is 17.8 Å². The highest BCUT2D eigenvalue weighted by Crippen LogP contribution is 2.43. The zero-order valence-corrected chi connectivity index (χ0v) is 5.70. The van der Waals surface area contributed by atoms with Gasteiger partial charge in [0.2, 0.25) is 0 Å². The quantitative estimate of drug-likeness (QED) is 0.384. The normalized spacial score (nSPS) is 49.6. The number of allylic oxidation sites excluding steroid dienone is 1. The highest BCUT2D eigenvalue weighted by molar-refractivity contribution is 5.22. The number of terminal acetylenes is 1. The molecule has 2 rings (SSSR count). The third kappa shape index (κ3) is 0.574. The van der Waals surface area contributed by atoms with Gasteiger partial charge in [-0.2, -0.15) is 0 Å². The summed E-state index contributed by atoms with van der Waals surface area (Å²) in [5.74, 6) is 3.74. The second kappa shape index (κ2) is 1.87. The van der Waals surface area contributed by atoms with E-state index in [-0.39, 0.29) is 17.9 Å². The van der Waals surface area contributed by atoms with Crippen LogP contribution in [0.5, 0.6) is 0 Å². The summed E-state index contributed by atoms with van der Waals surface area (Å²) in [4.78, 5) is 0. The van der Waals surface area contributed by atoms with Crippen molar-refractivity contribution in [1.29, 1.82) is 0 Å². The molecule has 1 heteroatoms. The predicted molar refractivity (Wildman–Crippen MR) is 39.1 cm³/mol. The fourth-order valence-corrected chi connectivity index (χ4v) is 2.06. The van der Waals surface area contributed by atoms with E-state index in [0.717, 1.165) is 6.42 Å². The van der Waals surface area contributed by atoms with Gasteiger partial charge in [0.15, 0.2) is 0 Å². The van der Waals surface area contributed by atoms with Crippen molar-refractivity contribution in [3.8, 4) is 12.3 Å². The maximum atomic E-state index is 9.37. The predicted octanol–water partition coefficient (Wildman–Crippen LogP) is 0.803. The second-order valence-electron chi connectivity index (χ2n) is 3.12. The number of aliphatic hydroxyl groups excluding tert-OH is 1. The molecule has 0 radical (unpaired) electrons. The van der Waals surface area contributed by atoms with Gasteiger partial charge in [0.05, 0.1) is 6.10 Å². The van der Waals surface area contributed by atoms with E-state index in [9.17, 15) is 5.11 Å². The van der Waals surface area contributed by atoms with Gasteiger partial charge in [0.25, 0.3) is 0 Å². The fraction of sp³-hybridized carbons (Fsp3) is 0.556. The molecule has 0 aromatic carbocycles. The minimum Gasteiger partial charge on any atom is -0.392 e. The molecule has 4 atom stereocenters. The third-order valence-electron chi connectivity index (χ3n) is 2.61. The van der Waals surface area contributed by atoms with Crippen molar-refractivity contribution in [1.82, 2.24) is 0 Å². The molecule has 0 aromatic heterocycles. The van der Waals surface area contributed by atoms with Crippen molar-refractivity contribution in [2.75, 3.05) is 0 Å². The van der Waals surface area contributed by atoms with Crippen LogP contribution in [0, 0.1) is 30.1 Å². The lowest BCUT2D eigenvalue weighted by atomic mass is 9.97. The summed E-state index contributed by atoms with van der Waals surface area (Å²) in [5.41, 5.74) is 0. The van der Waals surface area contributed by atoms with Gasteiger partial charge in [0.1, 0.15) is 0 Å². The first-order valence-electron chi connectivity index (χ1n) is 3.65. The number of hydrogen-bond donors (Lipinski definition) is 1. The van der Waals surface area contributed by atoms with E-state index in [1.165, 1.54) is 0 Å². The molecule has 0 unspecified atom stereocenters. The number of rotatable bonds is 0. The second-order valence-corrected chi connectivity index (χ2v) is 3.12. The Bertz CT molecular complexity index is 211. The Kier molecular flexibility index (Phi) is 1.12. The van der Waals surface area contributed by atoms with Crippen molar-refractivity contribution < 1.29 is 5.11 Å². The van der Waals surface area contributed by atoms with Crippen molar-refractivity contribution >= 4 is 0 Å². The Morgan fingerprint density at radius 3 is 2.60 bits per heavy atom. The van der Waals surface area contributed by atoms with Crippen LogP contribution in [-0.4, -0.2) is 11.2 Å². The molecular formula is C9H10O. The Balaban J connectivity index is 2.27. The van der Waals surface area contributed by atoms with Gasteiger partial charge >= 0.3 is 0 Å². The first-order chi connectivity index (χ1) is 4.83. The standard InChI is InChI=1S/C9H10O/c1-2-7-6-3-4-8(7)9(10)5-6/h1,3-4,6-10H,5H2/t6-,7+,8-,9-/m0/s1. The highest BCUT2D eigenvalue weighted by atomic mass is 16.3. The van der Waals surface area contributed by atoms with E-state index in [1.54, 1.807) is 0 Å². The topological polar surface area (TPSA) is 20.2 Å². The maximum Gasteiger partial charge on any atom is 0.0621 e. The van der Waals surface area contributed by atoms with Crippen LogP contribution in [0.2, 0.25) is 0 Å². The first kappa shape index (κ1) is 6.00. The van der Waals surface area contributed by atoms with E-state index in [0.29, 0.717) is 5.92 Å². The molecule has 1 N–H and O–H groups in total. The van der Waals surface area contributed by atoms with E-state index < -0.39 is 0 Å². The SMILES string of the molecule is C#C[C@H]1[C@@H]2C=C[C@H]1C[C@@H]2O. The van der Waals surface area contributed by atoms with Crippen LogP contribution in [0.25, 0.3) is 0 Å². The summed E-state index contributed by atoms with van der Waals surface area (Å²) >= 11 is 0. The van der Waals surface area contributed by atoms with Gasteiger partial charge in [-0.15, -0.1) is 12.3 Å². The number of hydrogen-bond acceptors (Lipinski definition) is 1. The summed E-state index contributed by atoms with van der Waals surface area (Å²) in [7, 11) is 0. The molecule has 0 aromatic rings. The minimum atomic E-state index is -0.170. The largest absolute Gasteiger partial charge is 0.392 e. The maximum absolute atomic E-state index is 9.37. The summed E-state index contributed by atoms with van der Waals surface area (Å²) in [6, 6.07) is 0. The summed E-state index contributed by atoms with van der Waals surface area (Å²) < 4.78 is 0. The number of aliphatic hydroxyl groups is 1. The first-order valence-corrected chi connectivity index (χ1v) is 3.65. The smallest absolute Gasteiger partial charge is 0.0621 e. The van der Waals surface area contributed by atoms with Crippen LogP contribution in [0.1, 0.15) is 6.42 Å². The van der Waals surface area contributed by atoms with Gasteiger partial charge in [-0.1, -0.05) is 12.2 Å². The lowest BCUT2D eigenvalue weighted by molar-refractivity contribution is 0.144. The molecule has 0 saturated heterocycles. The zero-order valence-electron chi connectivity index (χ0n) is 5.70. The fourth-order valence-electron chi connectivity index (χ4n) is 2.06. The molecule has 0 aliphatic heterocycles. The summed E-state index contributed by atoms with van der Waals surface area (Å²) in [6.07, 6.45) is 10.2. The third-order valence-corrected chi connectivity index (χ3v) is 2.61. The van der Waals surface area contributed by atoms with Crippen LogP contribution in [-0.2, 0) is 0 Å². The van der Waals surface area contributed by atoms with E-state index in [4.69, 9.17) is 6.42 Å². The van der Waals surface area contributed by atoms with Crippen LogP contribution in [0.3, 0.4) is 0 Å². The van der Waals surface area contributed by atoms with E-state index >= 15 is 0 Å². The Morgan fingerprint density at radius 1 is 1.50 bits per heavy atom. The van der Waals surface area contributed by atoms with Crippen molar-refractivity contribution in [2.45, 2.75) is 12.5 Å².